The number of hydrogen-bond donors (Lipinski definition) is 2. The van der Waals surface area contributed by atoms with Crippen molar-refractivity contribution in [3.05, 3.63) is 0 Å². The molecule has 0 aromatic carbocycles. The molecule has 1 saturated carbocycles. The number of amides is 1. The fourth-order valence-electron chi connectivity index (χ4n) is 3.52. The predicted molar refractivity (Wildman–Crippen MR) is 80.6 cm³/mol. The van der Waals surface area contributed by atoms with Gasteiger partial charge < -0.3 is 15.4 Å². The molecule has 0 radical (unpaired) electrons. The van der Waals surface area contributed by atoms with E-state index in [-0.39, 0.29) is 17.9 Å². The van der Waals surface area contributed by atoms with E-state index < -0.39 is 0 Å². The molecule has 4 nitrogen and oxygen atoms in total. The van der Waals surface area contributed by atoms with Gasteiger partial charge in [0.2, 0.25) is 5.91 Å². The second-order valence-corrected chi connectivity index (χ2v) is 6.27. The summed E-state index contributed by atoms with van der Waals surface area (Å²) in [6.07, 6.45) is 7.23. The minimum atomic E-state index is -0.0130. The van der Waals surface area contributed by atoms with Gasteiger partial charge in [0.25, 0.3) is 0 Å². The van der Waals surface area contributed by atoms with Crippen LogP contribution in [0.5, 0.6) is 0 Å². The molecule has 1 aliphatic heterocycles. The van der Waals surface area contributed by atoms with Gasteiger partial charge in [-0.05, 0) is 31.7 Å². The van der Waals surface area contributed by atoms with Crippen LogP contribution in [-0.4, -0.2) is 37.7 Å². The van der Waals surface area contributed by atoms with Gasteiger partial charge >= 0.3 is 0 Å². The Hall–Kier alpha value is -0.610. The summed E-state index contributed by atoms with van der Waals surface area (Å²) in [4.78, 5) is 12.5. The third-order valence-corrected chi connectivity index (χ3v) is 4.83. The van der Waals surface area contributed by atoms with E-state index in [4.69, 9.17) is 4.74 Å². The van der Waals surface area contributed by atoms with Gasteiger partial charge in [-0.25, -0.2) is 0 Å². The lowest BCUT2D eigenvalue weighted by Crippen LogP contribution is -2.49. The first kappa shape index (κ1) is 15.8. The van der Waals surface area contributed by atoms with Crippen molar-refractivity contribution in [2.75, 3.05) is 19.8 Å². The highest BCUT2D eigenvalue weighted by Gasteiger charge is 2.35. The predicted octanol–water partition coefficient (Wildman–Crippen LogP) is 2.09. The lowest BCUT2D eigenvalue weighted by Gasteiger charge is -2.32. The van der Waals surface area contributed by atoms with Gasteiger partial charge in [-0.3, -0.25) is 4.79 Å². The molecule has 20 heavy (non-hydrogen) atoms. The van der Waals surface area contributed by atoms with Crippen molar-refractivity contribution in [2.45, 2.75) is 64.5 Å². The second kappa shape index (κ2) is 7.99. The molecule has 4 atom stereocenters. The van der Waals surface area contributed by atoms with Crippen molar-refractivity contribution in [1.29, 1.82) is 0 Å². The Morgan fingerprint density at radius 1 is 1.15 bits per heavy atom. The molecule has 1 heterocycles. The highest BCUT2D eigenvalue weighted by Crippen LogP contribution is 2.27. The lowest BCUT2D eigenvalue weighted by atomic mass is 9.82. The normalized spacial score (nSPS) is 34.1. The van der Waals surface area contributed by atoms with E-state index in [1.807, 2.05) is 0 Å². The topological polar surface area (TPSA) is 50.4 Å². The highest BCUT2D eigenvalue weighted by molar-refractivity contribution is 5.80. The molecule has 2 N–H and O–H groups in total. The van der Waals surface area contributed by atoms with Crippen molar-refractivity contribution in [2.24, 2.45) is 11.8 Å². The number of ether oxygens (including phenoxy) is 1. The van der Waals surface area contributed by atoms with Gasteiger partial charge in [0.1, 0.15) is 0 Å². The summed E-state index contributed by atoms with van der Waals surface area (Å²) in [7, 11) is 0. The molecule has 0 bridgehead atoms. The molecule has 0 aromatic heterocycles. The van der Waals surface area contributed by atoms with Crippen molar-refractivity contribution in [1.82, 2.24) is 10.6 Å². The van der Waals surface area contributed by atoms with Crippen molar-refractivity contribution >= 4 is 5.91 Å². The molecule has 4 unspecified atom stereocenters. The third kappa shape index (κ3) is 3.95. The zero-order valence-electron chi connectivity index (χ0n) is 13.0. The zero-order valence-corrected chi connectivity index (χ0v) is 13.0. The van der Waals surface area contributed by atoms with Crippen LogP contribution in [0.15, 0.2) is 0 Å². The largest absolute Gasteiger partial charge is 0.379 e. The Balaban J connectivity index is 1.86. The average Bonchev–Trinajstić information content (AvgIpc) is 2.94. The van der Waals surface area contributed by atoms with Crippen molar-refractivity contribution < 1.29 is 9.53 Å². The SMILES string of the molecule is CCCNC1COCC1C(=O)NC1CCCCC1CC. The Labute approximate surface area is 123 Å². The Morgan fingerprint density at radius 3 is 2.70 bits per heavy atom. The van der Waals surface area contributed by atoms with E-state index in [9.17, 15) is 4.79 Å². The van der Waals surface area contributed by atoms with Crippen molar-refractivity contribution in [3.8, 4) is 0 Å². The van der Waals surface area contributed by atoms with Crippen LogP contribution in [0, 0.1) is 11.8 Å². The summed E-state index contributed by atoms with van der Waals surface area (Å²) in [6.45, 7) is 6.57. The first-order valence-corrected chi connectivity index (χ1v) is 8.37. The molecular formula is C16H30N2O2. The highest BCUT2D eigenvalue weighted by atomic mass is 16.5. The van der Waals surface area contributed by atoms with Crippen LogP contribution in [0.25, 0.3) is 0 Å². The number of hydrogen-bond acceptors (Lipinski definition) is 3. The van der Waals surface area contributed by atoms with Crippen LogP contribution in [0.4, 0.5) is 0 Å². The number of nitrogens with one attached hydrogen (secondary N) is 2. The Morgan fingerprint density at radius 2 is 1.95 bits per heavy atom. The van der Waals surface area contributed by atoms with Crippen LogP contribution >= 0.6 is 0 Å². The standard InChI is InChI=1S/C16H30N2O2/c1-3-9-17-15-11-20-10-13(15)16(19)18-14-8-6-5-7-12(14)4-2/h12-15,17H,3-11H2,1-2H3,(H,18,19). The van der Waals surface area contributed by atoms with E-state index in [2.05, 4.69) is 24.5 Å². The van der Waals surface area contributed by atoms with Gasteiger partial charge in [-0.1, -0.05) is 33.1 Å². The molecule has 0 aromatic rings. The maximum atomic E-state index is 12.5. The number of carbonyl (C=O) groups excluding carboxylic acids is 1. The Kier molecular flexibility index (Phi) is 6.30. The van der Waals surface area contributed by atoms with Gasteiger partial charge in [-0.2, -0.15) is 0 Å². The zero-order chi connectivity index (χ0) is 14.4. The fourth-order valence-corrected chi connectivity index (χ4v) is 3.52. The average molecular weight is 282 g/mol. The molecule has 4 heteroatoms. The van der Waals surface area contributed by atoms with E-state index in [0.717, 1.165) is 19.4 Å². The van der Waals surface area contributed by atoms with Crippen LogP contribution in [0.3, 0.4) is 0 Å². The number of carbonyl (C=O) groups is 1. The summed E-state index contributed by atoms with van der Waals surface area (Å²) in [5.41, 5.74) is 0. The van der Waals surface area contributed by atoms with Gasteiger partial charge in [0.05, 0.1) is 19.1 Å². The minimum absolute atomic E-state index is 0.0130. The molecule has 1 aliphatic carbocycles. The van der Waals surface area contributed by atoms with Crippen molar-refractivity contribution in [3.63, 3.8) is 0 Å². The monoisotopic (exact) mass is 282 g/mol. The van der Waals surface area contributed by atoms with Crippen LogP contribution < -0.4 is 10.6 Å². The summed E-state index contributed by atoms with van der Waals surface area (Å²) in [5, 5.41) is 6.75. The minimum Gasteiger partial charge on any atom is -0.379 e. The maximum Gasteiger partial charge on any atom is 0.227 e. The fraction of sp³-hybridized carbons (Fsp3) is 0.938. The molecule has 2 fully saturated rings. The molecule has 1 amide bonds. The van der Waals surface area contributed by atoms with Gasteiger partial charge in [0, 0.05) is 12.1 Å². The van der Waals surface area contributed by atoms with E-state index in [0.29, 0.717) is 25.2 Å². The van der Waals surface area contributed by atoms with Crippen LogP contribution in [-0.2, 0) is 9.53 Å². The number of rotatable bonds is 6. The van der Waals surface area contributed by atoms with E-state index in [1.165, 1.54) is 25.7 Å². The lowest BCUT2D eigenvalue weighted by molar-refractivity contribution is -0.126. The Bertz CT molecular complexity index is 309. The molecule has 2 rings (SSSR count). The molecule has 2 aliphatic rings. The first-order chi connectivity index (χ1) is 9.76. The molecule has 1 saturated heterocycles. The summed E-state index contributed by atoms with van der Waals surface area (Å²) in [6, 6.07) is 0.576. The van der Waals surface area contributed by atoms with Gasteiger partial charge in [-0.15, -0.1) is 0 Å². The van der Waals surface area contributed by atoms with E-state index in [1.54, 1.807) is 0 Å². The molecule has 0 spiro atoms. The van der Waals surface area contributed by atoms with Gasteiger partial charge in [0.15, 0.2) is 0 Å². The smallest absolute Gasteiger partial charge is 0.227 e. The first-order valence-electron chi connectivity index (χ1n) is 8.37. The molecule has 116 valence electrons. The maximum absolute atomic E-state index is 12.5. The summed E-state index contributed by atoms with van der Waals surface area (Å²) in [5.74, 6) is 0.847. The third-order valence-electron chi connectivity index (χ3n) is 4.83. The molecular weight excluding hydrogens is 252 g/mol. The van der Waals surface area contributed by atoms with E-state index >= 15 is 0 Å². The summed E-state index contributed by atoms with van der Waals surface area (Å²) < 4.78 is 5.51. The summed E-state index contributed by atoms with van der Waals surface area (Å²) >= 11 is 0. The quantitative estimate of drug-likeness (QED) is 0.784. The van der Waals surface area contributed by atoms with Crippen LogP contribution in [0.2, 0.25) is 0 Å². The second-order valence-electron chi connectivity index (χ2n) is 6.27. The van der Waals surface area contributed by atoms with Crippen LogP contribution in [0.1, 0.15) is 52.4 Å².